The van der Waals surface area contributed by atoms with E-state index in [1.165, 1.54) is 0 Å². The van der Waals surface area contributed by atoms with E-state index in [0.29, 0.717) is 5.95 Å². The Morgan fingerprint density at radius 3 is 2.81 bits per heavy atom. The third kappa shape index (κ3) is 4.57. The third-order valence-corrected chi connectivity index (χ3v) is 2.53. The number of aromatic nitrogens is 2. The molecule has 4 nitrogen and oxygen atoms in total. The van der Waals surface area contributed by atoms with Gasteiger partial charge in [-0.1, -0.05) is 13.8 Å². The summed E-state index contributed by atoms with van der Waals surface area (Å²) >= 11 is 0. The van der Waals surface area contributed by atoms with E-state index in [1.54, 1.807) is 6.20 Å². The van der Waals surface area contributed by atoms with Crippen LogP contribution in [0.3, 0.4) is 0 Å². The minimum atomic E-state index is 0.149. The van der Waals surface area contributed by atoms with Crippen molar-refractivity contribution in [3.05, 3.63) is 18.0 Å². The number of aliphatic hydroxyl groups is 1. The number of nitrogens with one attached hydrogen (secondary N) is 1. The standard InChI is InChI=1S/C12H21N3O/c1-10-5-7-13-11(15-10)14-9-12(2,3)6-4-8-16/h5,7,16H,4,6,8-9H2,1-3H3,(H,13,14,15). The lowest BCUT2D eigenvalue weighted by Crippen LogP contribution is -2.24. The van der Waals surface area contributed by atoms with Gasteiger partial charge >= 0.3 is 0 Å². The molecule has 1 aromatic heterocycles. The fourth-order valence-electron chi connectivity index (χ4n) is 1.50. The van der Waals surface area contributed by atoms with Crippen molar-refractivity contribution < 1.29 is 5.11 Å². The largest absolute Gasteiger partial charge is 0.396 e. The highest BCUT2D eigenvalue weighted by atomic mass is 16.2. The number of aliphatic hydroxyl groups excluding tert-OH is 1. The van der Waals surface area contributed by atoms with Gasteiger partial charge in [0.2, 0.25) is 5.95 Å². The van der Waals surface area contributed by atoms with Crippen LogP contribution in [0.15, 0.2) is 12.3 Å². The summed E-state index contributed by atoms with van der Waals surface area (Å²) in [5.41, 5.74) is 1.11. The molecule has 0 aliphatic heterocycles. The summed E-state index contributed by atoms with van der Waals surface area (Å²) in [6.07, 6.45) is 3.58. The van der Waals surface area contributed by atoms with Crippen LogP contribution in [0.5, 0.6) is 0 Å². The fraction of sp³-hybridized carbons (Fsp3) is 0.667. The van der Waals surface area contributed by atoms with Crippen LogP contribution in [0.25, 0.3) is 0 Å². The highest BCUT2D eigenvalue weighted by Gasteiger charge is 2.17. The molecule has 0 spiro atoms. The lowest BCUT2D eigenvalue weighted by molar-refractivity contribution is 0.247. The average Bonchev–Trinajstić information content (AvgIpc) is 2.24. The van der Waals surface area contributed by atoms with Gasteiger partial charge in [-0.2, -0.15) is 0 Å². The van der Waals surface area contributed by atoms with Gasteiger partial charge in [0.15, 0.2) is 0 Å². The molecule has 0 aromatic carbocycles. The molecule has 0 fully saturated rings. The Hall–Kier alpha value is -1.16. The number of anilines is 1. The van der Waals surface area contributed by atoms with Crippen LogP contribution in [0.2, 0.25) is 0 Å². The minimum absolute atomic E-state index is 0.149. The van der Waals surface area contributed by atoms with E-state index in [2.05, 4.69) is 29.1 Å². The molecule has 16 heavy (non-hydrogen) atoms. The molecule has 0 unspecified atom stereocenters. The molecular weight excluding hydrogens is 202 g/mol. The molecule has 1 heterocycles. The van der Waals surface area contributed by atoms with E-state index in [9.17, 15) is 0 Å². The van der Waals surface area contributed by atoms with Crippen molar-refractivity contribution >= 4 is 5.95 Å². The Balaban J connectivity index is 2.44. The molecule has 0 saturated carbocycles. The molecule has 90 valence electrons. The smallest absolute Gasteiger partial charge is 0.222 e. The van der Waals surface area contributed by atoms with Crippen LogP contribution in [-0.2, 0) is 0 Å². The van der Waals surface area contributed by atoms with E-state index in [4.69, 9.17) is 5.11 Å². The predicted molar refractivity (Wildman–Crippen MR) is 65.4 cm³/mol. The molecule has 4 heteroatoms. The molecule has 0 aliphatic rings. The van der Waals surface area contributed by atoms with Crippen molar-refractivity contribution in [2.45, 2.75) is 33.6 Å². The molecule has 0 radical (unpaired) electrons. The summed E-state index contributed by atoms with van der Waals surface area (Å²) < 4.78 is 0. The van der Waals surface area contributed by atoms with Gasteiger partial charge in [-0.15, -0.1) is 0 Å². The third-order valence-electron chi connectivity index (χ3n) is 2.53. The molecule has 0 atom stereocenters. The molecule has 2 N–H and O–H groups in total. The monoisotopic (exact) mass is 223 g/mol. The lowest BCUT2D eigenvalue weighted by Gasteiger charge is -2.24. The van der Waals surface area contributed by atoms with Crippen molar-refractivity contribution in [1.82, 2.24) is 9.97 Å². The average molecular weight is 223 g/mol. The second-order valence-corrected chi connectivity index (χ2v) is 4.87. The van der Waals surface area contributed by atoms with Crippen molar-refractivity contribution in [2.24, 2.45) is 5.41 Å². The normalized spacial score (nSPS) is 11.5. The zero-order valence-corrected chi connectivity index (χ0v) is 10.3. The van der Waals surface area contributed by atoms with Crippen molar-refractivity contribution in [1.29, 1.82) is 0 Å². The Bertz CT molecular complexity index is 326. The number of hydrogen-bond acceptors (Lipinski definition) is 4. The fourth-order valence-corrected chi connectivity index (χ4v) is 1.50. The van der Waals surface area contributed by atoms with Crippen LogP contribution >= 0.6 is 0 Å². The quantitative estimate of drug-likeness (QED) is 0.774. The van der Waals surface area contributed by atoms with E-state index in [0.717, 1.165) is 25.1 Å². The van der Waals surface area contributed by atoms with Crippen LogP contribution < -0.4 is 5.32 Å². The second kappa shape index (κ2) is 5.80. The maximum absolute atomic E-state index is 8.81. The maximum Gasteiger partial charge on any atom is 0.222 e. The van der Waals surface area contributed by atoms with Crippen LogP contribution in [0.1, 0.15) is 32.4 Å². The van der Waals surface area contributed by atoms with Gasteiger partial charge in [-0.05, 0) is 31.2 Å². The number of rotatable bonds is 6. The summed E-state index contributed by atoms with van der Waals surface area (Å²) in [5, 5.41) is 12.0. The zero-order chi connectivity index (χ0) is 12.0. The van der Waals surface area contributed by atoms with Gasteiger partial charge in [0.05, 0.1) is 0 Å². The van der Waals surface area contributed by atoms with E-state index >= 15 is 0 Å². The molecule has 1 rings (SSSR count). The molecule has 0 amide bonds. The first kappa shape index (κ1) is 12.9. The first-order valence-electron chi connectivity index (χ1n) is 5.68. The van der Waals surface area contributed by atoms with E-state index in [1.807, 2.05) is 13.0 Å². The molecule has 1 aromatic rings. The molecule has 0 saturated heterocycles. The Kier molecular flexibility index (Phi) is 4.68. The van der Waals surface area contributed by atoms with Crippen LogP contribution in [0.4, 0.5) is 5.95 Å². The van der Waals surface area contributed by atoms with Crippen LogP contribution in [0, 0.1) is 12.3 Å². The van der Waals surface area contributed by atoms with Gasteiger partial charge in [-0.25, -0.2) is 9.97 Å². The second-order valence-electron chi connectivity index (χ2n) is 4.87. The maximum atomic E-state index is 8.81. The van der Waals surface area contributed by atoms with Gasteiger partial charge < -0.3 is 10.4 Å². The summed E-state index contributed by atoms with van der Waals surface area (Å²) in [4.78, 5) is 8.44. The zero-order valence-electron chi connectivity index (χ0n) is 10.3. The lowest BCUT2D eigenvalue weighted by atomic mass is 9.88. The Morgan fingerprint density at radius 2 is 2.19 bits per heavy atom. The summed E-state index contributed by atoms with van der Waals surface area (Å²) in [7, 11) is 0. The summed E-state index contributed by atoms with van der Waals surface area (Å²) in [6, 6.07) is 1.88. The highest BCUT2D eigenvalue weighted by Crippen LogP contribution is 2.22. The molecule has 0 bridgehead atoms. The van der Waals surface area contributed by atoms with Gasteiger partial charge in [0.1, 0.15) is 0 Å². The first-order chi connectivity index (χ1) is 7.53. The van der Waals surface area contributed by atoms with E-state index < -0.39 is 0 Å². The van der Waals surface area contributed by atoms with Gasteiger partial charge in [0.25, 0.3) is 0 Å². The Labute approximate surface area is 97.1 Å². The highest BCUT2D eigenvalue weighted by molar-refractivity contribution is 5.24. The molecular formula is C12H21N3O. The number of hydrogen-bond donors (Lipinski definition) is 2. The Morgan fingerprint density at radius 1 is 1.44 bits per heavy atom. The van der Waals surface area contributed by atoms with Crippen molar-refractivity contribution in [3.63, 3.8) is 0 Å². The number of aryl methyl sites for hydroxylation is 1. The topological polar surface area (TPSA) is 58.0 Å². The van der Waals surface area contributed by atoms with Crippen molar-refractivity contribution in [3.8, 4) is 0 Å². The summed E-state index contributed by atoms with van der Waals surface area (Å²) in [5.74, 6) is 0.678. The SMILES string of the molecule is Cc1ccnc(NCC(C)(C)CCCO)n1. The van der Waals surface area contributed by atoms with Crippen LogP contribution in [-0.4, -0.2) is 28.2 Å². The predicted octanol–water partition coefficient (Wildman–Crippen LogP) is 2.00. The summed E-state index contributed by atoms with van der Waals surface area (Å²) in [6.45, 7) is 7.36. The first-order valence-corrected chi connectivity index (χ1v) is 5.68. The van der Waals surface area contributed by atoms with E-state index in [-0.39, 0.29) is 12.0 Å². The van der Waals surface area contributed by atoms with Gasteiger partial charge in [-0.3, -0.25) is 0 Å². The molecule has 0 aliphatic carbocycles. The minimum Gasteiger partial charge on any atom is -0.396 e. The van der Waals surface area contributed by atoms with Crippen molar-refractivity contribution in [2.75, 3.05) is 18.5 Å². The number of nitrogens with zero attached hydrogens (tertiary/aromatic N) is 2. The van der Waals surface area contributed by atoms with Gasteiger partial charge in [0, 0.05) is 25.0 Å².